The van der Waals surface area contributed by atoms with Gasteiger partial charge in [-0.25, -0.2) is 0 Å². The molecule has 1 N–H and O–H groups in total. The predicted molar refractivity (Wildman–Crippen MR) is 90.1 cm³/mol. The van der Waals surface area contributed by atoms with Crippen molar-refractivity contribution in [3.8, 4) is 17.2 Å². The molecule has 2 aromatic carbocycles. The van der Waals surface area contributed by atoms with Crippen LogP contribution in [0.1, 0.15) is 18.4 Å². The van der Waals surface area contributed by atoms with E-state index in [-0.39, 0.29) is 19.1 Å². The topological polar surface area (TPSA) is 91.1 Å². The number of aryl methyl sites for hydroxylation is 1. The van der Waals surface area contributed by atoms with Crippen molar-refractivity contribution in [3.63, 3.8) is 0 Å². The molecule has 132 valence electrons. The Morgan fingerprint density at radius 3 is 2.68 bits per heavy atom. The van der Waals surface area contributed by atoms with E-state index in [1.807, 2.05) is 18.2 Å². The highest BCUT2D eigenvalue weighted by atomic mass is 16.7. The van der Waals surface area contributed by atoms with Crippen molar-refractivity contribution in [3.05, 3.63) is 58.1 Å². The zero-order valence-electron chi connectivity index (χ0n) is 13.6. The number of aliphatic hydroxyl groups is 1. The molecule has 0 spiro atoms. The first kappa shape index (κ1) is 17.0. The van der Waals surface area contributed by atoms with Crippen LogP contribution in [0.5, 0.6) is 17.2 Å². The minimum Gasteiger partial charge on any atom is -0.491 e. The van der Waals surface area contributed by atoms with E-state index in [1.165, 1.54) is 24.3 Å². The number of rotatable bonds is 8. The lowest BCUT2D eigenvalue weighted by Crippen LogP contribution is -2.17. The lowest BCUT2D eigenvalue weighted by atomic mass is 10.1. The number of ether oxygens (including phenoxy) is 3. The SMILES string of the molecule is O=[N+]([O-])c1ccc(OCC(O)CCCc2ccc3c(c2)OCO3)cc1. The van der Waals surface area contributed by atoms with Gasteiger partial charge in [0.05, 0.1) is 11.0 Å². The number of aliphatic hydroxyl groups excluding tert-OH is 1. The minimum atomic E-state index is -0.593. The largest absolute Gasteiger partial charge is 0.491 e. The van der Waals surface area contributed by atoms with Gasteiger partial charge in [-0.2, -0.15) is 0 Å². The van der Waals surface area contributed by atoms with E-state index in [9.17, 15) is 15.2 Å². The highest BCUT2D eigenvalue weighted by Crippen LogP contribution is 2.32. The zero-order chi connectivity index (χ0) is 17.6. The molecule has 1 unspecified atom stereocenters. The fourth-order valence-corrected chi connectivity index (χ4v) is 2.58. The van der Waals surface area contributed by atoms with Crippen molar-refractivity contribution in [2.24, 2.45) is 0 Å². The molecule has 1 aliphatic heterocycles. The quantitative estimate of drug-likeness (QED) is 0.584. The van der Waals surface area contributed by atoms with Crippen LogP contribution >= 0.6 is 0 Å². The van der Waals surface area contributed by atoms with Crippen molar-refractivity contribution in [2.45, 2.75) is 25.4 Å². The van der Waals surface area contributed by atoms with Gasteiger partial charge >= 0.3 is 0 Å². The monoisotopic (exact) mass is 345 g/mol. The standard InChI is InChI=1S/C18H19NO6/c20-15(11-23-16-7-5-14(6-8-16)19(21)22)3-1-2-13-4-9-17-18(10-13)25-12-24-17/h4-10,15,20H,1-3,11-12H2. The summed E-state index contributed by atoms with van der Waals surface area (Å²) in [5.41, 5.74) is 1.14. The van der Waals surface area contributed by atoms with E-state index in [0.29, 0.717) is 12.2 Å². The number of hydrogen-bond donors (Lipinski definition) is 1. The smallest absolute Gasteiger partial charge is 0.269 e. The van der Waals surface area contributed by atoms with Crippen LogP contribution in [-0.2, 0) is 6.42 Å². The Kier molecular flexibility index (Phi) is 5.35. The van der Waals surface area contributed by atoms with Crippen molar-refractivity contribution in [1.29, 1.82) is 0 Å². The summed E-state index contributed by atoms with van der Waals surface area (Å²) in [6.45, 7) is 0.413. The molecule has 0 fully saturated rings. The van der Waals surface area contributed by atoms with Crippen molar-refractivity contribution >= 4 is 5.69 Å². The first-order valence-electron chi connectivity index (χ1n) is 8.05. The third kappa shape index (κ3) is 4.60. The molecule has 1 heterocycles. The van der Waals surface area contributed by atoms with Gasteiger partial charge in [0.25, 0.3) is 5.69 Å². The summed E-state index contributed by atoms with van der Waals surface area (Å²) in [6.07, 6.45) is 1.64. The fourth-order valence-electron chi connectivity index (χ4n) is 2.58. The fraction of sp³-hybridized carbons (Fsp3) is 0.333. The second-order valence-electron chi connectivity index (χ2n) is 5.80. The summed E-state index contributed by atoms with van der Waals surface area (Å²) in [5.74, 6) is 2.03. The summed E-state index contributed by atoms with van der Waals surface area (Å²) in [5, 5.41) is 20.6. The molecule has 0 aromatic heterocycles. The number of nitrogens with zero attached hydrogens (tertiary/aromatic N) is 1. The van der Waals surface area contributed by atoms with E-state index in [1.54, 1.807) is 0 Å². The first-order valence-corrected chi connectivity index (χ1v) is 8.05. The number of non-ortho nitro benzene ring substituents is 1. The van der Waals surface area contributed by atoms with Crippen molar-refractivity contribution in [1.82, 2.24) is 0 Å². The summed E-state index contributed by atoms with van der Waals surface area (Å²) < 4.78 is 16.1. The molecular weight excluding hydrogens is 326 g/mol. The summed E-state index contributed by atoms with van der Waals surface area (Å²) in [6, 6.07) is 11.7. The van der Waals surface area contributed by atoms with Crippen molar-refractivity contribution < 1.29 is 24.2 Å². The van der Waals surface area contributed by atoms with Crippen LogP contribution in [0, 0.1) is 10.1 Å². The van der Waals surface area contributed by atoms with Gasteiger partial charge in [-0.05, 0) is 49.1 Å². The lowest BCUT2D eigenvalue weighted by Gasteiger charge is -2.12. The Morgan fingerprint density at radius 2 is 1.92 bits per heavy atom. The van der Waals surface area contributed by atoms with Crippen LogP contribution in [0.15, 0.2) is 42.5 Å². The maximum absolute atomic E-state index is 10.6. The predicted octanol–water partition coefficient (Wildman–Crippen LogP) is 3.09. The normalized spacial score (nSPS) is 13.5. The molecule has 0 amide bonds. The van der Waals surface area contributed by atoms with Gasteiger partial charge in [0.15, 0.2) is 11.5 Å². The van der Waals surface area contributed by atoms with Crippen LogP contribution < -0.4 is 14.2 Å². The average Bonchev–Trinajstić information content (AvgIpc) is 3.08. The molecule has 2 aromatic rings. The molecule has 0 bridgehead atoms. The highest BCUT2D eigenvalue weighted by Gasteiger charge is 2.13. The molecule has 0 aliphatic carbocycles. The van der Waals surface area contributed by atoms with Crippen LogP contribution in [-0.4, -0.2) is 29.5 Å². The molecule has 1 aliphatic rings. The number of hydrogen-bond acceptors (Lipinski definition) is 6. The van der Waals surface area contributed by atoms with Gasteiger partial charge < -0.3 is 19.3 Å². The van der Waals surface area contributed by atoms with E-state index < -0.39 is 11.0 Å². The number of nitro groups is 1. The van der Waals surface area contributed by atoms with Gasteiger partial charge in [0.1, 0.15) is 12.4 Å². The van der Waals surface area contributed by atoms with Crippen LogP contribution in [0.2, 0.25) is 0 Å². The van der Waals surface area contributed by atoms with E-state index in [2.05, 4.69) is 0 Å². The average molecular weight is 345 g/mol. The van der Waals surface area contributed by atoms with Crippen LogP contribution in [0.4, 0.5) is 5.69 Å². The minimum absolute atomic E-state index is 0.0108. The number of nitro benzene ring substituents is 1. The third-order valence-corrected chi connectivity index (χ3v) is 3.93. The van der Waals surface area contributed by atoms with Crippen molar-refractivity contribution in [2.75, 3.05) is 13.4 Å². The Balaban J connectivity index is 1.39. The van der Waals surface area contributed by atoms with E-state index in [4.69, 9.17) is 14.2 Å². The Labute approximate surface area is 144 Å². The maximum Gasteiger partial charge on any atom is 0.269 e. The molecule has 0 saturated carbocycles. The van der Waals surface area contributed by atoms with Gasteiger partial charge in [-0.3, -0.25) is 10.1 Å². The van der Waals surface area contributed by atoms with Gasteiger partial charge in [-0.1, -0.05) is 6.07 Å². The maximum atomic E-state index is 10.6. The van der Waals surface area contributed by atoms with Gasteiger partial charge in [0, 0.05) is 12.1 Å². The molecule has 25 heavy (non-hydrogen) atoms. The number of fused-ring (bicyclic) bond motifs is 1. The Morgan fingerprint density at radius 1 is 1.16 bits per heavy atom. The summed E-state index contributed by atoms with van der Waals surface area (Å²) in [4.78, 5) is 10.1. The second-order valence-corrected chi connectivity index (χ2v) is 5.80. The highest BCUT2D eigenvalue weighted by molar-refractivity contribution is 5.44. The molecule has 0 radical (unpaired) electrons. The molecule has 7 heteroatoms. The lowest BCUT2D eigenvalue weighted by molar-refractivity contribution is -0.384. The third-order valence-electron chi connectivity index (χ3n) is 3.93. The summed E-state index contributed by atoms with van der Waals surface area (Å²) in [7, 11) is 0. The van der Waals surface area contributed by atoms with E-state index >= 15 is 0 Å². The number of benzene rings is 2. The molecular formula is C18H19NO6. The molecule has 0 saturated heterocycles. The molecule has 7 nitrogen and oxygen atoms in total. The van der Waals surface area contributed by atoms with E-state index in [0.717, 1.165) is 29.9 Å². The second kappa shape index (κ2) is 7.85. The molecule has 1 atom stereocenters. The Bertz CT molecular complexity index is 731. The van der Waals surface area contributed by atoms with Crippen LogP contribution in [0.3, 0.4) is 0 Å². The van der Waals surface area contributed by atoms with Gasteiger partial charge in [-0.15, -0.1) is 0 Å². The van der Waals surface area contributed by atoms with Crippen LogP contribution in [0.25, 0.3) is 0 Å². The zero-order valence-corrected chi connectivity index (χ0v) is 13.6. The Hall–Kier alpha value is -2.80. The van der Waals surface area contributed by atoms with Gasteiger partial charge in [0.2, 0.25) is 6.79 Å². The summed E-state index contributed by atoms with van der Waals surface area (Å²) >= 11 is 0. The molecule has 3 rings (SSSR count). The first-order chi connectivity index (χ1) is 12.1.